The van der Waals surface area contributed by atoms with Gasteiger partial charge in [-0.25, -0.2) is 8.42 Å². The molecule has 1 atom stereocenters. The van der Waals surface area contributed by atoms with E-state index in [1.807, 2.05) is 6.07 Å². The minimum atomic E-state index is -3.48. The second-order valence-electron chi connectivity index (χ2n) is 11.1. The van der Waals surface area contributed by atoms with Gasteiger partial charge in [0.15, 0.2) is 0 Å². The van der Waals surface area contributed by atoms with Crippen LogP contribution in [-0.4, -0.2) is 8.42 Å². The van der Waals surface area contributed by atoms with Crippen LogP contribution in [-0.2, 0) is 16.3 Å². The van der Waals surface area contributed by atoms with Crippen LogP contribution in [0.1, 0.15) is 75.3 Å². The van der Waals surface area contributed by atoms with E-state index in [2.05, 4.69) is 37.8 Å². The maximum absolute atomic E-state index is 12.8. The molecule has 0 aliphatic heterocycles. The summed E-state index contributed by atoms with van der Waals surface area (Å²) in [6.45, 7) is 6.01. The van der Waals surface area contributed by atoms with E-state index in [9.17, 15) is 8.42 Å². The highest BCUT2D eigenvalue weighted by Gasteiger charge is 2.50. The summed E-state index contributed by atoms with van der Waals surface area (Å²) in [4.78, 5) is 0.624. The quantitative estimate of drug-likeness (QED) is 0.424. The SMILES string of the molecule is C=C(CC(C)c1ccc(CCC23CC4CC(CC(C4)C2)C3)cc1)S(=O)(=O)c1ccccc1. The van der Waals surface area contributed by atoms with Crippen LogP contribution in [0.25, 0.3) is 0 Å². The van der Waals surface area contributed by atoms with Gasteiger partial charge in [-0.05, 0) is 110 Å². The van der Waals surface area contributed by atoms with Gasteiger partial charge in [-0.2, -0.15) is 0 Å². The zero-order valence-electron chi connectivity index (χ0n) is 19.3. The molecule has 3 heteroatoms. The predicted octanol–water partition coefficient (Wildman–Crippen LogP) is 7.32. The monoisotopic (exact) mass is 448 g/mol. The lowest BCUT2D eigenvalue weighted by atomic mass is 9.48. The minimum Gasteiger partial charge on any atom is -0.219 e. The molecule has 170 valence electrons. The van der Waals surface area contributed by atoms with Crippen LogP contribution in [0.3, 0.4) is 0 Å². The van der Waals surface area contributed by atoms with Crippen LogP contribution in [0.4, 0.5) is 0 Å². The largest absolute Gasteiger partial charge is 0.219 e. The van der Waals surface area contributed by atoms with Crippen molar-refractivity contribution in [2.45, 2.75) is 75.5 Å². The number of rotatable bonds is 8. The number of aryl methyl sites for hydroxylation is 1. The van der Waals surface area contributed by atoms with Crippen LogP contribution < -0.4 is 0 Å². The van der Waals surface area contributed by atoms with Gasteiger partial charge in [0.2, 0.25) is 9.84 Å². The van der Waals surface area contributed by atoms with Crippen molar-refractivity contribution in [1.29, 1.82) is 0 Å². The van der Waals surface area contributed by atoms with Crippen LogP contribution in [0, 0.1) is 23.2 Å². The van der Waals surface area contributed by atoms with E-state index in [0.29, 0.717) is 21.6 Å². The van der Waals surface area contributed by atoms with Gasteiger partial charge in [0.05, 0.1) is 4.90 Å². The molecule has 0 heterocycles. The Labute approximate surface area is 194 Å². The number of allylic oxidation sites excluding steroid dienone is 1. The van der Waals surface area contributed by atoms with Crippen molar-refractivity contribution in [3.05, 3.63) is 77.2 Å². The summed E-state index contributed by atoms with van der Waals surface area (Å²) in [7, 11) is -3.48. The number of sulfone groups is 1. The van der Waals surface area contributed by atoms with Gasteiger partial charge in [-0.3, -0.25) is 0 Å². The van der Waals surface area contributed by atoms with Crippen LogP contribution in [0.5, 0.6) is 0 Å². The summed E-state index contributed by atoms with van der Waals surface area (Å²) in [5.41, 5.74) is 3.24. The Morgan fingerprint density at radius 2 is 1.50 bits per heavy atom. The molecule has 0 saturated heterocycles. The highest BCUT2D eigenvalue weighted by molar-refractivity contribution is 7.95. The van der Waals surface area contributed by atoms with Crippen molar-refractivity contribution in [1.82, 2.24) is 0 Å². The van der Waals surface area contributed by atoms with Crippen LogP contribution >= 0.6 is 0 Å². The molecular formula is C29H36O2S. The summed E-state index contributed by atoms with van der Waals surface area (Å²) in [5, 5.41) is 0. The normalized spacial score (nSPS) is 29.7. The fraction of sp³-hybridized carbons (Fsp3) is 0.517. The van der Waals surface area contributed by atoms with E-state index in [0.717, 1.165) is 17.8 Å². The first-order chi connectivity index (χ1) is 15.3. The standard InChI is InChI=1S/C29H36O2S/c1-21(14-22(2)32(30,31)28-6-4-3-5-7-28)27-10-8-23(9-11-27)12-13-29-18-24-15-25(19-29)17-26(16-24)20-29/h3-11,21,24-26H,2,12-20H2,1H3. The summed E-state index contributed by atoms with van der Waals surface area (Å²) in [6.07, 6.45) is 11.9. The first kappa shape index (κ1) is 21.9. The van der Waals surface area contributed by atoms with Crippen LogP contribution in [0.2, 0.25) is 0 Å². The summed E-state index contributed by atoms with van der Waals surface area (Å²) >= 11 is 0. The minimum absolute atomic E-state index is 0.123. The first-order valence-corrected chi connectivity index (χ1v) is 13.9. The van der Waals surface area contributed by atoms with Crippen molar-refractivity contribution >= 4 is 9.84 Å². The second kappa shape index (κ2) is 8.48. The van der Waals surface area contributed by atoms with Crippen molar-refractivity contribution < 1.29 is 8.42 Å². The lowest BCUT2D eigenvalue weighted by Crippen LogP contribution is -2.46. The Kier molecular flexibility index (Phi) is 5.82. The third kappa shape index (κ3) is 4.33. The van der Waals surface area contributed by atoms with E-state index < -0.39 is 9.84 Å². The molecule has 2 nitrogen and oxygen atoms in total. The van der Waals surface area contributed by atoms with E-state index in [1.165, 1.54) is 62.5 Å². The van der Waals surface area contributed by atoms with Crippen molar-refractivity contribution in [2.75, 3.05) is 0 Å². The molecule has 0 radical (unpaired) electrons. The third-order valence-corrected chi connectivity index (χ3v) is 10.4. The molecule has 32 heavy (non-hydrogen) atoms. The topological polar surface area (TPSA) is 34.1 Å². The molecular weight excluding hydrogens is 412 g/mol. The van der Waals surface area contributed by atoms with Gasteiger partial charge in [0, 0.05) is 4.91 Å². The average Bonchev–Trinajstić information content (AvgIpc) is 2.78. The second-order valence-corrected chi connectivity index (χ2v) is 13.2. The van der Waals surface area contributed by atoms with Gasteiger partial charge < -0.3 is 0 Å². The van der Waals surface area contributed by atoms with Crippen molar-refractivity contribution in [3.8, 4) is 0 Å². The summed E-state index contributed by atoms with van der Waals surface area (Å²) < 4.78 is 25.6. The molecule has 6 rings (SSSR count). The zero-order chi connectivity index (χ0) is 22.3. The number of hydrogen-bond donors (Lipinski definition) is 0. The molecule has 0 aromatic heterocycles. The van der Waals surface area contributed by atoms with Gasteiger partial charge in [-0.1, -0.05) is 56.0 Å². The molecule has 0 N–H and O–H groups in total. The van der Waals surface area contributed by atoms with E-state index >= 15 is 0 Å². The smallest absolute Gasteiger partial charge is 0.202 e. The predicted molar refractivity (Wildman–Crippen MR) is 131 cm³/mol. The number of hydrogen-bond acceptors (Lipinski definition) is 2. The Hall–Kier alpha value is -1.87. The Morgan fingerprint density at radius 3 is 2.06 bits per heavy atom. The van der Waals surface area contributed by atoms with Gasteiger partial charge in [-0.15, -0.1) is 0 Å². The average molecular weight is 449 g/mol. The molecule has 4 saturated carbocycles. The summed E-state index contributed by atoms with van der Waals surface area (Å²) in [5.74, 6) is 3.18. The Bertz CT molecular complexity index is 1030. The van der Waals surface area contributed by atoms with E-state index in [1.54, 1.807) is 24.3 Å². The molecule has 4 bridgehead atoms. The van der Waals surface area contributed by atoms with Crippen molar-refractivity contribution in [2.24, 2.45) is 23.2 Å². The van der Waals surface area contributed by atoms with E-state index in [-0.39, 0.29) is 5.92 Å². The lowest BCUT2D eigenvalue weighted by Gasteiger charge is -2.57. The van der Waals surface area contributed by atoms with Crippen LogP contribution in [0.15, 0.2) is 71.0 Å². The molecule has 2 aromatic rings. The third-order valence-electron chi connectivity index (χ3n) is 8.63. The molecule has 4 fully saturated rings. The van der Waals surface area contributed by atoms with Gasteiger partial charge >= 0.3 is 0 Å². The molecule has 4 aliphatic carbocycles. The molecule has 0 amide bonds. The molecule has 0 spiro atoms. The number of benzene rings is 2. The first-order valence-electron chi connectivity index (χ1n) is 12.4. The molecule has 2 aromatic carbocycles. The maximum Gasteiger partial charge on any atom is 0.202 e. The van der Waals surface area contributed by atoms with Gasteiger partial charge in [0.25, 0.3) is 0 Å². The summed E-state index contributed by atoms with van der Waals surface area (Å²) in [6, 6.07) is 17.5. The highest BCUT2D eigenvalue weighted by Crippen LogP contribution is 2.61. The van der Waals surface area contributed by atoms with E-state index in [4.69, 9.17) is 0 Å². The zero-order valence-corrected chi connectivity index (χ0v) is 20.1. The maximum atomic E-state index is 12.8. The van der Waals surface area contributed by atoms with Gasteiger partial charge in [0.1, 0.15) is 0 Å². The van der Waals surface area contributed by atoms with Crippen molar-refractivity contribution in [3.63, 3.8) is 0 Å². The molecule has 1 unspecified atom stereocenters. The molecule has 4 aliphatic rings. The lowest BCUT2D eigenvalue weighted by molar-refractivity contribution is -0.0569. The fourth-order valence-electron chi connectivity index (χ4n) is 7.35. The fourth-order valence-corrected chi connectivity index (χ4v) is 8.67. The Balaban J connectivity index is 1.19. The Morgan fingerprint density at radius 1 is 0.938 bits per heavy atom. The highest BCUT2D eigenvalue weighted by atomic mass is 32.2.